The average molecular weight is 109 g/mol. The lowest BCUT2D eigenvalue weighted by atomic mass is 10.2. The molecule has 0 aromatic carbocycles. The predicted octanol–water partition coefficient (Wildman–Crippen LogP) is 0.747. The fourth-order valence-electron chi connectivity index (χ4n) is 0.740. The van der Waals surface area contributed by atoms with Crippen molar-refractivity contribution in [3.05, 3.63) is 0 Å². The van der Waals surface area contributed by atoms with Crippen molar-refractivity contribution in [2.45, 2.75) is 25.8 Å². The number of nitrogens with two attached hydrogens (primary N) is 1. The third-order valence-electron chi connectivity index (χ3n) is 1.44. The van der Waals surface area contributed by atoms with Crippen molar-refractivity contribution >= 4 is 0 Å². The van der Waals surface area contributed by atoms with Crippen molar-refractivity contribution in [1.29, 1.82) is 0 Å². The molecule has 1 aliphatic rings. The van der Waals surface area contributed by atoms with Crippen LogP contribution in [0, 0.1) is 17.8 Å². The fourth-order valence-corrected chi connectivity index (χ4v) is 0.740. The standard InChI is InChI=1S/C7H11N/c1-2-3-7(8)6-4-5-6/h6-7H,4-5,8H2,1H3. The van der Waals surface area contributed by atoms with Crippen molar-refractivity contribution in [2.75, 3.05) is 0 Å². The molecule has 1 nitrogen and oxygen atoms in total. The van der Waals surface area contributed by atoms with Crippen LogP contribution in [0.5, 0.6) is 0 Å². The van der Waals surface area contributed by atoms with Crippen molar-refractivity contribution in [1.82, 2.24) is 0 Å². The summed E-state index contributed by atoms with van der Waals surface area (Å²) in [7, 11) is 0. The molecular formula is C7H11N. The van der Waals surface area contributed by atoms with Gasteiger partial charge in [0.25, 0.3) is 0 Å². The van der Waals surface area contributed by atoms with Crippen LogP contribution in [0.25, 0.3) is 0 Å². The summed E-state index contributed by atoms with van der Waals surface area (Å²) in [5.74, 6) is 6.47. The Morgan fingerprint density at radius 3 is 2.62 bits per heavy atom. The zero-order chi connectivity index (χ0) is 5.98. The van der Waals surface area contributed by atoms with Crippen LogP contribution in [-0.2, 0) is 0 Å². The largest absolute Gasteiger partial charge is 0.317 e. The minimum Gasteiger partial charge on any atom is -0.317 e. The van der Waals surface area contributed by atoms with E-state index < -0.39 is 0 Å². The number of hydrogen-bond acceptors (Lipinski definition) is 1. The molecule has 0 aromatic heterocycles. The third kappa shape index (κ3) is 1.24. The van der Waals surface area contributed by atoms with Crippen molar-refractivity contribution in [3.8, 4) is 11.8 Å². The van der Waals surface area contributed by atoms with Crippen molar-refractivity contribution in [2.24, 2.45) is 11.7 Å². The maximum Gasteiger partial charge on any atom is 0.0693 e. The highest BCUT2D eigenvalue weighted by molar-refractivity contribution is 5.09. The summed E-state index contributed by atoms with van der Waals surface area (Å²) >= 11 is 0. The zero-order valence-electron chi connectivity index (χ0n) is 5.15. The summed E-state index contributed by atoms with van der Waals surface area (Å²) in [4.78, 5) is 0. The molecule has 0 heterocycles. The minimum absolute atomic E-state index is 0.167. The first-order valence-corrected chi connectivity index (χ1v) is 3.02. The van der Waals surface area contributed by atoms with Crippen LogP contribution in [0.15, 0.2) is 0 Å². The molecule has 2 N–H and O–H groups in total. The maximum atomic E-state index is 5.62. The summed E-state index contributed by atoms with van der Waals surface area (Å²) in [6, 6.07) is 0.167. The van der Waals surface area contributed by atoms with Gasteiger partial charge in [-0.25, -0.2) is 0 Å². The summed E-state index contributed by atoms with van der Waals surface area (Å²) in [5, 5.41) is 0. The van der Waals surface area contributed by atoms with E-state index in [1.165, 1.54) is 12.8 Å². The number of rotatable bonds is 1. The van der Waals surface area contributed by atoms with Crippen LogP contribution in [0.2, 0.25) is 0 Å². The highest BCUT2D eigenvalue weighted by Crippen LogP contribution is 2.30. The molecule has 8 heavy (non-hydrogen) atoms. The van der Waals surface area contributed by atoms with E-state index in [9.17, 15) is 0 Å². The summed E-state index contributed by atoms with van der Waals surface area (Å²) < 4.78 is 0. The van der Waals surface area contributed by atoms with E-state index in [1.807, 2.05) is 6.92 Å². The lowest BCUT2D eigenvalue weighted by molar-refractivity contribution is 0.731. The van der Waals surface area contributed by atoms with Gasteiger partial charge in [0.1, 0.15) is 0 Å². The minimum atomic E-state index is 0.167. The second kappa shape index (κ2) is 2.19. The van der Waals surface area contributed by atoms with E-state index in [1.54, 1.807) is 0 Å². The van der Waals surface area contributed by atoms with Crippen molar-refractivity contribution in [3.63, 3.8) is 0 Å². The Morgan fingerprint density at radius 2 is 2.25 bits per heavy atom. The SMILES string of the molecule is CC#CC(N)C1CC1. The highest BCUT2D eigenvalue weighted by atomic mass is 14.7. The molecule has 0 aromatic rings. The van der Waals surface area contributed by atoms with Gasteiger partial charge in [-0.05, 0) is 25.7 Å². The molecule has 0 radical (unpaired) electrons. The Balaban J connectivity index is 2.29. The van der Waals surface area contributed by atoms with Crippen LogP contribution >= 0.6 is 0 Å². The van der Waals surface area contributed by atoms with Crippen LogP contribution in [0.3, 0.4) is 0 Å². The van der Waals surface area contributed by atoms with Crippen molar-refractivity contribution < 1.29 is 0 Å². The first kappa shape index (κ1) is 5.65. The lowest BCUT2D eigenvalue weighted by Crippen LogP contribution is -2.19. The van der Waals surface area contributed by atoms with Gasteiger partial charge in [0.05, 0.1) is 6.04 Å². The molecule has 1 atom stereocenters. The van der Waals surface area contributed by atoms with Gasteiger partial charge in [0, 0.05) is 0 Å². The van der Waals surface area contributed by atoms with Crippen LogP contribution < -0.4 is 5.73 Å². The fraction of sp³-hybridized carbons (Fsp3) is 0.714. The maximum absolute atomic E-state index is 5.62. The van der Waals surface area contributed by atoms with Gasteiger partial charge in [-0.15, -0.1) is 5.92 Å². The average Bonchev–Trinajstić information content (AvgIpc) is 2.45. The predicted molar refractivity (Wildman–Crippen MR) is 34.1 cm³/mol. The molecule has 0 aliphatic heterocycles. The van der Waals surface area contributed by atoms with E-state index in [-0.39, 0.29) is 6.04 Å². The quantitative estimate of drug-likeness (QED) is 0.494. The van der Waals surface area contributed by atoms with Gasteiger partial charge in [-0.2, -0.15) is 0 Å². The molecule has 1 heteroatoms. The van der Waals surface area contributed by atoms with Crippen LogP contribution in [0.1, 0.15) is 19.8 Å². The Bertz CT molecular complexity index is 125. The summed E-state index contributed by atoms with van der Waals surface area (Å²) in [6.07, 6.45) is 2.58. The molecule has 1 fully saturated rings. The monoisotopic (exact) mass is 109 g/mol. The van der Waals surface area contributed by atoms with Crippen LogP contribution in [0.4, 0.5) is 0 Å². The topological polar surface area (TPSA) is 26.0 Å². The molecule has 1 unspecified atom stereocenters. The zero-order valence-corrected chi connectivity index (χ0v) is 5.15. The molecule has 0 amide bonds. The molecule has 0 bridgehead atoms. The number of hydrogen-bond donors (Lipinski definition) is 1. The molecule has 1 rings (SSSR count). The van der Waals surface area contributed by atoms with E-state index in [0.717, 1.165) is 5.92 Å². The van der Waals surface area contributed by atoms with Gasteiger partial charge in [-0.1, -0.05) is 5.92 Å². The first-order chi connectivity index (χ1) is 3.84. The molecular weight excluding hydrogens is 98.1 g/mol. The van der Waals surface area contributed by atoms with E-state index in [0.29, 0.717) is 0 Å². The third-order valence-corrected chi connectivity index (χ3v) is 1.44. The molecule has 1 saturated carbocycles. The second-order valence-corrected chi connectivity index (χ2v) is 2.26. The Morgan fingerprint density at radius 1 is 1.62 bits per heavy atom. The summed E-state index contributed by atoms with van der Waals surface area (Å²) in [6.45, 7) is 1.84. The Kier molecular flexibility index (Phi) is 1.55. The molecule has 0 saturated heterocycles. The Labute approximate surface area is 50.3 Å². The van der Waals surface area contributed by atoms with Crippen LogP contribution in [-0.4, -0.2) is 6.04 Å². The molecule has 44 valence electrons. The van der Waals surface area contributed by atoms with Gasteiger partial charge in [0.15, 0.2) is 0 Å². The lowest BCUT2D eigenvalue weighted by Gasteiger charge is -1.95. The van der Waals surface area contributed by atoms with Gasteiger partial charge in [-0.3, -0.25) is 0 Å². The van der Waals surface area contributed by atoms with Gasteiger partial charge in [0.2, 0.25) is 0 Å². The van der Waals surface area contributed by atoms with E-state index in [4.69, 9.17) is 5.73 Å². The van der Waals surface area contributed by atoms with E-state index >= 15 is 0 Å². The smallest absolute Gasteiger partial charge is 0.0693 e. The second-order valence-electron chi connectivity index (χ2n) is 2.26. The van der Waals surface area contributed by atoms with E-state index in [2.05, 4.69) is 11.8 Å². The Hall–Kier alpha value is -0.480. The molecule has 0 spiro atoms. The summed E-state index contributed by atoms with van der Waals surface area (Å²) in [5.41, 5.74) is 5.62. The first-order valence-electron chi connectivity index (χ1n) is 3.02. The van der Waals surface area contributed by atoms with Gasteiger partial charge >= 0.3 is 0 Å². The molecule has 1 aliphatic carbocycles. The highest BCUT2D eigenvalue weighted by Gasteiger charge is 2.26. The van der Waals surface area contributed by atoms with Gasteiger partial charge < -0.3 is 5.73 Å². The normalized spacial score (nSPS) is 21.2.